The van der Waals surface area contributed by atoms with E-state index in [4.69, 9.17) is 24.4 Å². The average molecular weight is 1930 g/mol. The third kappa shape index (κ3) is 21.0. The van der Waals surface area contributed by atoms with E-state index < -0.39 is 11.9 Å². The second-order valence-electron chi connectivity index (χ2n) is 35.3. The Bertz CT molecular complexity index is 8430. The number of methoxy groups -OCH3 is 2. The van der Waals surface area contributed by atoms with Crippen LogP contribution in [0.4, 0.5) is 35.9 Å². The monoisotopic (exact) mass is 1930 g/mol. The van der Waals surface area contributed by atoms with Crippen molar-refractivity contribution in [3.05, 3.63) is 336 Å². The van der Waals surface area contributed by atoms with Gasteiger partial charge in [0.25, 0.3) is 27.8 Å². The minimum absolute atomic E-state index is 0.0293. The molecule has 5 N–H and O–H groups in total. The van der Waals surface area contributed by atoms with E-state index in [0.29, 0.717) is 85.5 Å². The highest BCUT2D eigenvalue weighted by molar-refractivity contribution is 5.76. The zero-order valence-corrected chi connectivity index (χ0v) is 80.3. The highest BCUT2D eigenvalue weighted by Crippen LogP contribution is 2.34. The molecule has 4 saturated heterocycles. The summed E-state index contributed by atoms with van der Waals surface area (Å²) in [5.74, 6) is 1.24. The molecule has 18 aromatic heterocycles. The maximum Gasteiger partial charge on any atom is 0.432 e. The highest BCUT2D eigenvalue weighted by Gasteiger charge is 2.33. The van der Waals surface area contributed by atoms with E-state index in [1.54, 1.807) is 85.3 Å². The molecular formula is C105H105F3N28O7. The van der Waals surface area contributed by atoms with Crippen LogP contribution >= 0.6 is 0 Å². The first-order chi connectivity index (χ1) is 69.2. The largest absolute Gasteiger partial charge is 0.493 e. The van der Waals surface area contributed by atoms with E-state index in [0.717, 1.165) is 212 Å². The third-order valence-electron chi connectivity index (χ3n) is 25.6. The molecule has 0 bridgehead atoms. The highest BCUT2D eigenvalue weighted by atomic mass is 19.4. The SMILES string of the molecule is C=C(/C=C\c1ncc(C(F)(F)F)[nH]1)c1cc(=O)n2cc(N3CCNCC3)ccc2n1.CCc1cn2cc(-c3cc(=O)n4cc(N5CCNCC5)ccc4n3)ccc2n1.COc1ccc(-c2cc(=O)n3cc(-c4ccnc(C)c4)ccc3n2)cc1OC.Cc1cn2nc(-c3cc(=O)n4cc(N5CCN[C@@H](C)C5)ccc4n3)cc2c(C)n1.Cc1nc2ccc(-c3cc(=O)n4cc(N5CCNCC5)ccc4n3)cn2c1C. The summed E-state index contributed by atoms with van der Waals surface area (Å²) in [4.78, 5) is 120. The minimum Gasteiger partial charge on any atom is -0.493 e. The first-order valence-corrected chi connectivity index (χ1v) is 47.1. The Hall–Kier alpha value is -16.7. The van der Waals surface area contributed by atoms with Gasteiger partial charge in [-0.15, -0.1) is 0 Å². The molecule has 19 aromatic rings. The molecule has 35 nitrogen and oxygen atoms in total. The van der Waals surface area contributed by atoms with Crippen molar-refractivity contribution in [3.63, 3.8) is 0 Å². The normalized spacial score (nSPS) is 14.6. The number of fused-ring (bicyclic) bond motifs is 8. The van der Waals surface area contributed by atoms with Crippen molar-refractivity contribution in [2.45, 2.75) is 67.1 Å². The smallest absolute Gasteiger partial charge is 0.432 e. The number of hydrogen-bond acceptors (Lipinski definition) is 26. The van der Waals surface area contributed by atoms with Crippen molar-refractivity contribution in [1.29, 1.82) is 0 Å². The molecule has 728 valence electrons. The molecule has 0 amide bonds. The number of piperazine rings is 4. The number of H-pyrrole nitrogens is 1. The first-order valence-electron chi connectivity index (χ1n) is 47.1. The number of rotatable bonds is 15. The van der Waals surface area contributed by atoms with Gasteiger partial charge in [-0.05, 0) is 198 Å². The van der Waals surface area contributed by atoms with E-state index in [1.807, 2.05) is 196 Å². The van der Waals surface area contributed by atoms with Crippen LogP contribution in [0.3, 0.4) is 0 Å². The van der Waals surface area contributed by atoms with Crippen LogP contribution in [0, 0.1) is 34.6 Å². The van der Waals surface area contributed by atoms with Gasteiger partial charge in [-0.3, -0.25) is 55.9 Å². The summed E-state index contributed by atoms with van der Waals surface area (Å²) in [5, 5.41) is 18.0. The van der Waals surface area contributed by atoms with Gasteiger partial charge in [0.1, 0.15) is 56.7 Å². The molecule has 143 heavy (non-hydrogen) atoms. The standard InChI is InChI=1S/C22H19N3O3.C21H23N7O.2C21H22N6O.C20H19F3N6O/c1-14-10-15(8-9-23-14)17-5-7-21-24-18(12-22(26)25(21)13-17)16-4-6-19(27-2)20(11-16)28-3;1-13-10-26(7-6-22-13)16-4-5-20-24-17(9-21(29)27(20)12-16)18-8-19-15(3)23-14(2)11-28(19)25-18;1-14-15(2)26-12-16(3-5-19(26)23-14)18-11-21(28)27-13-17(4-6-20(27)24-18)25-9-7-22-8-10-25;1-2-16-13-26-12-15(3-5-19(26)23-16)18-11-21(28)27-14-17(4-6-20(27)24-18)25-9-7-22-8-10-25;1-13(2-4-17-25-11-16(27-17)20(21,22)23)15-10-19(30)29-12-14(3-5-18(29)26-15)28-8-6-24-7-9-28/h4-13H,1-3H3;4-5,8-9,11-13,22H,6-7,10H2,1-3H3;3-6,11-13,22H,7-10H2,1-2H3;3-6,11-14,22H,2,7-10H2,1H3;2-5,10-12,24H,1,6-9H2,(H,25,27)/b;;;;4-2-/t;13-;;;/m.0.../s1. The summed E-state index contributed by atoms with van der Waals surface area (Å²) in [6, 6.07) is 46.6. The Labute approximate surface area is 816 Å². The lowest BCUT2D eigenvalue weighted by atomic mass is 10.1. The van der Waals surface area contributed by atoms with Crippen LogP contribution in [0.1, 0.15) is 65.2 Å². The Morgan fingerprint density at radius 3 is 1.45 bits per heavy atom. The molecule has 0 radical (unpaired) electrons. The zero-order chi connectivity index (χ0) is 99.4. The molecule has 0 spiro atoms. The van der Waals surface area contributed by atoms with Gasteiger partial charge in [-0.1, -0.05) is 13.5 Å². The van der Waals surface area contributed by atoms with Crippen molar-refractivity contribution < 1.29 is 22.6 Å². The zero-order valence-electron chi connectivity index (χ0n) is 80.3. The van der Waals surface area contributed by atoms with Gasteiger partial charge in [0.2, 0.25) is 0 Å². The van der Waals surface area contributed by atoms with Crippen molar-refractivity contribution in [1.82, 2.24) is 117 Å². The fourth-order valence-corrected chi connectivity index (χ4v) is 17.8. The number of alkyl halides is 3. The predicted octanol–water partition coefficient (Wildman–Crippen LogP) is 12.2. The molecule has 1 aromatic carbocycles. The summed E-state index contributed by atoms with van der Waals surface area (Å²) in [5.41, 5.74) is 22.4. The number of aromatic amines is 1. The molecule has 0 saturated carbocycles. The molecule has 4 fully saturated rings. The number of allylic oxidation sites excluding steroid dienone is 2. The summed E-state index contributed by atoms with van der Waals surface area (Å²) < 4.78 is 62.3. The van der Waals surface area contributed by atoms with Crippen molar-refractivity contribution >= 4 is 79.4 Å². The number of imidazole rings is 3. The molecule has 1 atom stereocenters. The molecule has 0 aliphatic carbocycles. The number of halogens is 3. The van der Waals surface area contributed by atoms with Gasteiger partial charge in [-0.25, -0.2) is 44.4 Å². The lowest BCUT2D eigenvalue weighted by molar-refractivity contribution is -0.140. The Morgan fingerprint density at radius 1 is 0.434 bits per heavy atom. The molecular weight excluding hydrogens is 1820 g/mol. The van der Waals surface area contributed by atoms with Crippen LogP contribution in [0.25, 0.3) is 113 Å². The average Bonchev–Trinajstić information content (AvgIpc) is 1.71. The minimum atomic E-state index is -4.49. The number of nitrogens with one attached hydrogen (secondary N) is 5. The van der Waals surface area contributed by atoms with E-state index in [-0.39, 0.29) is 33.6 Å². The number of aromatic nitrogens is 20. The number of aryl methyl sites for hydroxylation is 6. The van der Waals surface area contributed by atoms with E-state index in [1.165, 1.54) is 28.7 Å². The van der Waals surface area contributed by atoms with Gasteiger partial charge >= 0.3 is 6.18 Å². The Balaban J connectivity index is 0.000000113. The number of nitrogens with zero attached hydrogens (tertiary/aromatic N) is 23. The second kappa shape index (κ2) is 41.0. The summed E-state index contributed by atoms with van der Waals surface area (Å²) >= 11 is 0. The maximum absolute atomic E-state index is 12.9. The number of pyridine rings is 8. The molecule has 4 aliphatic rings. The van der Waals surface area contributed by atoms with Crippen molar-refractivity contribution in [2.75, 3.05) is 132 Å². The number of benzene rings is 1. The van der Waals surface area contributed by atoms with Crippen LogP contribution in [0.15, 0.2) is 256 Å². The third-order valence-corrected chi connectivity index (χ3v) is 25.6. The summed E-state index contributed by atoms with van der Waals surface area (Å²) in [6.45, 7) is 31.8. The van der Waals surface area contributed by atoms with Crippen LogP contribution < -0.4 is 78.1 Å². The van der Waals surface area contributed by atoms with Crippen LogP contribution in [-0.4, -0.2) is 214 Å². The molecule has 4 aliphatic heterocycles. The summed E-state index contributed by atoms with van der Waals surface area (Å²) in [6.07, 6.45) is 18.8. The topological polar surface area (TPSA) is 358 Å². The van der Waals surface area contributed by atoms with E-state index >= 15 is 0 Å². The lowest BCUT2D eigenvalue weighted by Crippen LogP contribution is -2.49. The lowest BCUT2D eigenvalue weighted by Gasteiger charge is -2.33. The van der Waals surface area contributed by atoms with Crippen molar-refractivity contribution in [2.24, 2.45) is 0 Å². The van der Waals surface area contributed by atoms with E-state index in [2.05, 4.69) is 106 Å². The molecule has 38 heteroatoms. The second-order valence-corrected chi connectivity index (χ2v) is 35.3. The Morgan fingerprint density at radius 2 is 0.909 bits per heavy atom. The van der Waals surface area contributed by atoms with Gasteiger partial charge < -0.3 is 64.1 Å². The van der Waals surface area contributed by atoms with Gasteiger partial charge in [-0.2, -0.15) is 18.3 Å². The van der Waals surface area contributed by atoms with Crippen LogP contribution in [0.5, 0.6) is 11.5 Å². The predicted molar refractivity (Wildman–Crippen MR) is 549 cm³/mol. The van der Waals surface area contributed by atoms with Gasteiger partial charge in [0, 0.05) is 218 Å². The fraction of sp³-hybridized carbons (Fsp3) is 0.257. The first kappa shape index (κ1) is 95.2. The molecule has 22 heterocycles. The Kier molecular flexibility index (Phi) is 27.3. The quantitative estimate of drug-likeness (QED) is 0.0595. The van der Waals surface area contributed by atoms with Crippen LogP contribution in [0.2, 0.25) is 0 Å². The molecule has 23 rings (SSSR count). The number of hydrogen-bond donors (Lipinski definition) is 5. The van der Waals surface area contributed by atoms with Crippen molar-refractivity contribution in [3.8, 4) is 67.8 Å². The number of anilines is 4. The fourth-order valence-electron chi connectivity index (χ4n) is 17.8. The maximum atomic E-state index is 12.9. The van der Waals surface area contributed by atoms with Gasteiger partial charge in [0.15, 0.2) is 11.5 Å². The summed E-state index contributed by atoms with van der Waals surface area (Å²) in [7, 11) is 3.16. The molecule has 0 unspecified atom stereocenters. The van der Waals surface area contributed by atoms with Crippen LogP contribution in [-0.2, 0) is 12.6 Å². The number of ether oxygens (including phenoxy) is 2. The van der Waals surface area contributed by atoms with Gasteiger partial charge in [0.05, 0.1) is 106 Å². The van der Waals surface area contributed by atoms with E-state index in [9.17, 15) is 37.1 Å².